The Morgan fingerprint density at radius 2 is 1.51 bits per heavy atom. The number of ether oxygens (including phenoxy) is 3. The summed E-state index contributed by atoms with van der Waals surface area (Å²) in [6, 6.07) is 9.10. The van der Waals surface area contributed by atoms with Gasteiger partial charge in [-0.05, 0) is 83.4 Å². The molecule has 0 heterocycles. The zero-order chi connectivity index (χ0) is 31.2. The van der Waals surface area contributed by atoms with Crippen LogP contribution >= 0.6 is 0 Å². The Bertz CT molecular complexity index is 1230. The zero-order valence-electron chi connectivity index (χ0n) is 24.1. The summed E-state index contributed by atoms with van der Waals surface area (Å²) in [6.07, 6.45) is -5.62. The lowest BCUT2D eigenvalue weighted by atomic mass is 9.77. The van der Waals surface area contributed by atoms with E-state index < -0.39 is 58.0 Å². The van der Waals surface area contributed by atoms with Crippen molar-refractivity contribution in [1.29, 1.82) is 0 Å². The molecule has 0 aliphatic carbocycles. The van der Waals surface area contributed by atoms with Gasteiger partial charge in [0.05, 0.1) is 18.8 Å². The summed E-state index contributed by atoms with van der Waals surface area (Å²) in [5, 5.41) is 2.41. The van der Waals surface area contributed by atoms with Crippen LogP contribution in [0.2, 0.25) is 0 Å². The first-order valence-electron chi connectivity index (χ1n) is 13.1. The van der Waals surface area contributed by atoms with E-state index >= 15 is 0 Å². The fourth-order valence-electron chi connectivity index (χ4n) is 4.30. The van der Waals surface area contributed by atoms with Crippen LogP contribution in [0.15, 0.2) is 52.3 Å². The van der Waals surface area contributed by atoms with E-state index in [0.717, 1.165) is 12.1 Å². The molecule has 0 fully saturated rings. The van der Waals surface area contributed by atoms with Gasteiger partial charge in [-0.2, -0.15) is 13.2 Å². The van der Waals surface area contributed by atoms with Gasteiger partial charge in [0.1, 0.15) is 5.60 Å². The van der Waals surface area contributed by atoms with Crippen molar-refractivity contribution in [3.8, 4) is 0 Å². The third kappa shape index (κ3) is 8.38. The molecule has 1 amide bonds. The highest BCUT2D eigenvalue weighted by Gasteiger charge is 2.57. The van der Waals surface area contributed by atoms with Crippen LogP contribution in [-0.4, -0.2) is 46.9 Å². The summed E-state index contributed by atoms with van der Waals surface area (Å²) in [4.78, 5) is 40.0. The summed E-state index contributed by atoms with van der Waals surface area (Å²) in [5.41, 5.74) is -3.74. The molecule has 2 unspecified atom stereocenters. The quantitative estimate of drug-likeness (QED) is 0.153. The number of alkyl halides is 3. The second-order valence-corrected chi connectivity index (χ2v) is 11.7. The molecule has 0 saturated heterocycles. The van der Waals surface area contributed by atoms with Crippen LogP contribution < -0.4 is 5.32 Å². The number of aryl methyl sites for hydroxylation is 1. The van der Waals surface area contributed by atoms with E-state index in [0.29, 0.717) is 5.56 Å². The summed E-state index contributed by atoms with van der Waals surface area (Å²) < 4.78 is 69.5. The van der Waals surface area contributed by atoms with Gasteiger partial charge in [-0.1, -0.05) is 19.1 Å². The van der Waals surface area contributed by atoms with Crippen LogP contribution in [0.1, 0.15) is 70.6 Å². The largest absolute Gasteiger partial charge is 0.606 e. The van der Waals surface area contributed by atoms with Crippen molar-refractivity contribution >= 4 is 29.2 Å². The van der Waals surface area contributed by atoms with Crippen molar-refractivity contribution in [3.63, 3.8) is 0 Å². The van der Waals surface area contributed by atoms with E-state index in [1.54, 1.807) is 33.8 Å². The SMILES string of the molecule is CCOC(=O)C(NC(=O)OC(C)(C)C)(C(=O)OCC)C(CC)c1cccc([S+]([O-])c2cc(C)cc(C(F)(F)F)c2)c1. The molecule has 8 nitrogen and oxygen atoms in total. The molecule has 0 aliphatic rings. The van der Waals surface area contributed by atoms with E-state index in [1.807, 2.05) is 0 Å². The van der Waals surface area contributed by atoms with Crippen LogP contribution in [0.25, 0.3) is 0 Å². The number of rotatable bonds is 10. The molecule has 0 bridgehead atoms. The van der Waals surface area contributed by atoms with Gasteiger partial charge >= 0.3 is 24.2 Å². The maximum Gasteiger partial charge on any atom is 0.416 e. The molecule has 226 valence electrons. The number of benzene rings is 2. The number of nitrogens with one attached hydrogen (secondary N) is 1. The molecular weight excluding hydrogens is 563 g/mol. The molecule has 2 aromatic rings. The Balaban J connectivity index is 2.70. The van der Waals surface area contributed by atoms with Crippen molar-refractivity contribution < 1.29 is 46.3 Å². The average molecular weight is 600 g/mol. The smallest absolute Gasteiger partial charge is 0.416 e. The van der Waals surface area contributed by atoms with Gasteiger partial charge in [-0.25, -0.2) is 14.4 Å². The Morgan fingerprint density at radius 1 is 0.927 bits per heavy atom. The number of halogens is 3. The lowest BCUT2D eigenvalue weighted by molar-refractivity contribution is -0.168. The van der Waals surface area contributed by atoms with E-state index in [9.17, 15) is 32.1 Å². The van der Waals surface area contributed by atoms with Crippen LogP contribution in [0.3, 0.4) is 0 Å². The van der Waals surface area contributed by atoms with Gasteiger partial charge in [0.25, 0.3) is 0 Å². The second kappa shape index (κ2) is 13.6. The van der Waals surface area contributed by atoms with Gasteiger partial charge in [-0.15, -0.1) is 0 Å². The monoisotopic (exact) mass is 599 g/mol. The van der Waals surface area contributed by atoms with Crippen LogP contribution in [-0.2, 0) is 41.2 Å². The maximum absolute atomic E-state index is 13.5. The molecule has 0 saturated carbocycles. The lowest BCUT2D eigenvalue weighted by Gasteiger charge is -2.37. The normalized spacial score (nSPS) is 13.6. The minimum atomic E-state index is -4.63. The summed E-state index contributed by atoms with van der Waals surface area (Å²) >= 11 is -2.05. The number of alkyl carbamates (subject to hydrolysis) is 1. The van der Waals surface area contributed by atoms with Gasteiger partial charge in [0, 0.05) is 23.2 Å². The van der Waals surface area contributed by atoms with Crippen molar-refractivity contribution in [2.24, 2.45) is 0 Å². The summed E-state index contributed by atoms with van der Waals surface area (Å²) in [5.74, 6) is -3.28. The van der Waals surface area contributed by atoms with Crippen molar-refractivity contribution in [2.45, 2.75) is 87.9 Å². The van der Waals surface area contributed by atoms with Crippen LogP contribution in [0, 0.1) is 6.92 Å². The third-order valence-corrected chi connectivity index (χ3v) is 7.24. The number of carbonyl (C=O) groups is 3. The number of hydrogen-bond donors (Lipinski definition) is 1. The number of amides is 1. The lowest BCUT2D eigenvalue weighted by Crippen LogP contribution is -2.65. The molecule has 41 heavy (non-hydrogen) atoms. The minimum absolute atomic E-state index is 0.0727. The van der Waals surface area contributed by atoms with Gasteiger partial charge in [0.2, 0.25) is 5.54 Å². The molecule has 1 N–H and O–H groups in total. The Morgan fingerprint density at radius 3 is 2.00 bits per heavy atom. The van der Waals surface area contributed by atoms with Crippen LogP contribution in [0.5, 0.6) is 0 Å². The summed E-state index contributed by atoms with van der Waals surface area (Å²) in [6.45, 7) is 10.8. The highest BCUT2D eigenvalue weighted by molar-refractivity contribution is 7.91. The van der Waals surface area contributed by atoms with Crippen molar-refractivity contribution in [2.75, 3.05) is 13.2 Å². The van der Waals surface area contributed by atoms with E-state index in [1.165, 1.54) is 45.0 Å². The molecule has 0 spiro atoms. The Kier molecular flexibility index (Phi) is 11.3. The molecule has 0 aliphatic heterocycles. The Labute approximate surface area is 241 Å². The highest BCUT2D eigenvalue weighted by atomic mass is 32.2. The van der Waals surface area contributed by atoms with Crippen LogP contribution in [0.4, 0.5) is 18.0 Å². The molecule has 0 aromatic heterocycles. The van der Waals surface area contributed by atoms with Gasteiger partial charge in [-0.3, -0.25) is 5.32 Å². The topological polar surface area (TPSA) is 114 Å². The second-order valence-electron chi connectivity index (χ2n) is 10.2. The molecule has 2 rings (SSSR count). The first-order chi connectivity index (χ1) is 19.0. The van der Waals surface area contributed by atoms with E-state index in [-0.39, 0.29) is 35.0 Å². The van der Waals surface area contributed by atoms with E-state index in [4.69, 9.17) is 14.2 Å². The van der Waals surface area contributed by atoms with Gasteiger partial charge < -0.3 is 18.8 Å². The molecular formula is C29H36F3NO7S. The third-order valence-electron chi connectivity index (χ3n) is 5.89. The predicted molar refractivity (Wildman–Crippen MR) is 146 cm³/mol. The minimum Gasteiger partial charge on any atom is -0.606 e. The molecule has 12 heteroatoms. The molecule has 2 atom stereocenters. The maximum atomic E-state index is 13.5. The molecule has 2 aromatic carbocycles. The Hall–Kier alpha value is -3.25. The predicted octanol–water partition coefficient (Wildman–Crippen LogP) is 6.06. The van der Waals surface area contributed by atoms with Crippen molar-refractivity contribution in [3.05, 3.63) is 59.2 Å². The number of hydrogen-bond acceptors (Lipinski definition) is 7. The zero-order valence-corrected chi connectivity index (χ0v) is 25.0. The average Bonchev–Trinajstić information content (AvgIpc) is 2.86. The molecule has 0 radical (unpaired) electrons. The first-order valence-corrected chi connectivity index (χ1v) is 14.2. The number of carbonyl (C=O) groups excluding carboxylic acids is 3. The fourth-order valence-corrected chi connectivity index (χ4v) is 5.55. The van der Waals surface area contributed by atoms with E-state index in [2.05, 4.69) is 5.32 Å². The highest BCUT2D eigenvalue weighted by Crippen LogP contribution is 2.37. The first kappa shape index (κ1) is 34.0. The van der Waals surface area contributed by atoms with Gasteiger partial charge in [0.15, 0.2) is 9.79 Å². The fraction of sp³-hybridized carbons (Fsp3) is 0.483. The van der Waals surface area contributed by atoms with Crippen molar-refractivity contribution in [1.82, 2.24) is 5.32 Å². The number of esters is 2. The summed E-state index contributed by atoms with van der Waals surface area (Å²) in [7, 11) is 0. The standard InChI is InChI=1S/C29H36F3NO7S/c1-8-23(28(24(34)38-9-2,25(35)39-10-3)33-26(36)40-27(5,6)7)19-12-11-13-21(16-19)41(37)22-15-18(4)14-20(17-22)29(30,31)32/h11-17,23H,8-10H2,1-7H3,(H,33,36).